The van der Waals surface area contributed by atoms with Crippen LogP contribution in [0.15, 0.2) is 48.5 Å². The van der Waals surface area contributed by atoms with E-state index in [1.165, 1.54) is 6.07 Å². The van der Waals surface area contributed by atoms with Gasteiger partial charge < -0.3 is 0 Å². The molecule has 104 valence electrons. The first kappa shape index (κ1) is 14.8. The predicted molar refractivity (Wildman–Crippen MR) is 82.6 cm³/mol. The van der Waals surface area contributed by atoms with Gasteiger partial charge >= 0.3 is 0 Å². The molecule has 2 rings (SSSR count). The van der Waals surface area contributed by atoms with Crippen molar-refractivity contribution in [3.05, 3.63) is 75.3 Å². The number of aryl methyl sites for hydroxylation is 1. The Labute approximate surface area is 127 Å². The number of nitriles is 1. The summed E-state index contributed by atoms with van der Waals surface area (Å²) in [7, 11) is 0. The van der Waals surface area contributed by atoms with E-state index in [9.17, 15) is 15.4 Å². The molecule has 0 saturated carbocycles. The Kier molecular flexibility index (Phi) is 4.36. The lowest BCUT2D eigenvalue weighted by molar-refractivity contribution is -0.385. The van der Waals surface area contributed by atoms with Crippen molar-refractivity contribution < 1.29 is 4.92 Å². The highest BCUT2D eigenvalue weighted by Crippen LogP contribution is 2.35. The number of benzene rings is 2. The van der Waals surface area contributed by atoms with Gasteiger partial charge in [-0.05, 0) is 24.1 Å². The second-order valence-corrected chi connectivity index (χ2v) is 4.82. The van der Waals surface area contributed by atoms with Crippen molar-refractivity contribution in [1.29, 1.82) is 5.26 Å². The molecule has 0 spiro atoms. The molecule has 0 fully saturated rings. The lowest BCUT2D eigenvalue weighted by Gasteiger charge is -2.06. The summed E-state index contributed by atoms with van der Waals surface area (Å²) < 4.78 is 0. The Morgan fingerprint density at radius 2 is 1.90 bits per heavy atom. The van der Waals surface area contributed by atoms with Gasteiger partial charge in [-0.2, -0.15) is 5.26 Å². The number of nitro groups is 1. The third-order valence-electron chi connectivity index (χ3n) is 2.98. The fourth-order valence-electron chi connectivity index (χ4n) is 1.96. The second kappa shape index (κ2) is 6.21. The van der Waals surface area contributed by atoms with Crippen molar-refractivity contribution in [2.24, 2.45) is 0 Å². The summed E-state index contributed by atoms with van der Waals surface area (Å²) in [5, 5.41) is 20.6. The average molecular weight is 299 g/mol. The van der Waals surface area contributed by atoms with E-state index in [0.717, 1.165) is 5.56 Å². The first-order chi connectivity index (χ1) is 10.0. The van der Waals surface area contributed by atoms with Crippen LogP contribution in [0.1, 0.15) is 16.7 Å². The van der Waals surface area contributed by atoms with E-state index < -0.39 is 4.92 Å². The Bertz CT molecular complexity index is 762. The first-order valence-corrected chi connectivity index (χ1v) is 6.53. The Hall–Kier alpha value is -2.64. The molecular formula is C16H11ClN2O2. The fourth-order valence-corrected chi connectivity index (χ4v) is 2.27. The quantitative estimate of drug-likeness (QED) is 0.362. The molecule has 0 atom stereocenters. The van der Waals surface area contributed by atoms with E-state index in [0.29, 0.717) is 5.56 Å². The smallest absolute Gasteiger partial charge is 0.258 e. The number of rotatable bonds is 3. The lowest BCUT2D eigenvalue weighted by Crippen LogP contribution is -1.95. The summed E-state index contributed by atoms with van der Waals surface area (Å²) in [5.41, 5.74) is 1.81. The van der Waals surface area contributed by atoms with Crippen LogP contribution in [-0.2, 0) is 0 Å². The molecule has 21 heavy (non-hydrogen) atoms. The van der Waals surface area contributed by atoms with Gasteiger partial charge in [0.1, 0.15) is 6.07 Å². The molecule has 0 saturated heterocycles. The summed E-state index contributed by atoms with van der Waals surface area (Å²) in [6.07, 6.45) is 0. The highest BCUT2D eigenvalue weighted by molar-refractivity contribution is 6.53. The van der Waals surface area contributed by atoms with E-state index in [-0.39, 0.29) is 21.9 Å². The molecule has 0 aliphatic heterocycles. The largest absolute Gasteiger partial charge is 0.278 e. The normalized spacial score (nSPS) is 11.5. The number of allylic oxidation sites excluding steroid dienone is 1. The van der Waals surface area contributed by atoms with Crippen molar-refractivity contribution in [3.63, 3.8) is 0 Å². The molecule has 2 aromatic carbocycles. The molecule has 0 unspecified atom stereocenters. The van der Waals surface area contributed by atoms with Crippen molar-refractivity contribution in [2.45, 2.75) is 6.92 Å². The Morgan fingerprint density at radius 3 is 2.48 bits per heavy atom. The minimum Gasteiger partial charge on any atom is -0.258 e. The molecule has 0 aliphatic rings. The van der Waals surface area contributed by atoms with Crippen LogP contribution in [0, 0.1) is 28.4 Å². The van der Waals surface area contributed by atoms with Crippen molar-refractivity contribution in [2.75, 3.05) is 0 Å². The summed E-state index contributed by atoms with van der Waals surface area (Å²) in [4.78, 5) is 10.6. The van der Waals surface area contributed by atoms with Crippen molar-refractivity contribution >= 4 is 27.9 Å². The van der Waals surface area contributed by atoms with Crippen LogP contribution in [-0.4, -0.2) is 4.92 Å². The molecule has 2 aromatic rings. The predicted octanol–water partition coefficient (Wildman–Crippen LogP) is 4.53. The standard InChI is InChI=1S/C16H11ClN2O2/c1-11-7-8-15(19(20)21)13(9-11)16(17)14(10-18)12-5-3-2-4-6-12/h2-9H,1H3. The van der Waals surface area contributed by atoms with E-state index in [4.69, 9.17) is 11.6 Å². The van der Waals surface area contributed by atoms with Gasteiger partial charge in [0, 0.05) is 6.07 Å². The van der Waals surface area contributed by atoms with Crippen LogP contribution in [0.2, 0.25) is 0 Å². The summed E-state index contributed by atoms with van der Waals surface area (Å²) in [6.45, 7) is 1.81. The highest BCUT2D eigenvalue weighted by atomic mass is 35.5. The highest BCUT2D eigenvalue weighted by Gasteiger charge is 2.19. The minimum atomic E-state index is -0.503. The maximum Gasteiger partial charge on any atom is 0.278 e. The van der Waals surface area contributed by atoms with Gasteiger partial charge in [0.2, 0.25) is 0 Å². The Morgan fingerprint density at radius 1 is 1.24 bits per heavy atom. The van der Waals surface area contributed by atoms with Gasteiger partial charge in [-0.3, -0.25) is 10.1 Å². The zero-order valence-corrected chi connectivity index (χ0v) is 12.0. The van der Waals surface area contributed by atoms with Crippen LogP contribution in [0.5, 0.6) is 0 Å². The van der Waals surface area contributed by atoms with E-state index in [1.54, 1.807) is 36.4 Å². The van der Waals surface area contributed by atoms with Gasteiger partial charge in [0.05, 0.1) is 21.1 Å². The maximum atomic E-state index is 11.1. The van der Waals surface area contributed by atoms with E-state index in [1.807, 2.05) is 19.1 Å². The monoisotopic (exact) mass is 298 g/mol. The first-order valence-electron chi connectivity index (χ1n) is 6.15. The SMILES string of the molecule is Cc1ccc([N+](=O)[O-])c(C(Cl)=C(C#N)c2ccccc2)c1. The zero-order chi connectivity index (χ0) is 15.4. The van der Waals surface area contributed by atoms with Gasteiger partial charge in [-0.25, -0.2) is 0 Å². The Balaban J connectivity index is 2.70. The van der Waals surface area contributed by atoms with Gasteiger partial charge in [-0.1, -0.05) is 48.0 Å². The molecule has 5 heteroatoms. The number of hydrogen-bond donors (Lipinski definition) is 0. The number of hydrogen-bond acceptors (Lipinski definition) is 3. The van der Waals surface area contributed by atoms with Crippen LogP contribution >= 0.6 is 11.6 Å². The van der Waals surface area contributed by atoms with Gasteiger partial charge in [-0.15, -0.1) is 0 Å². The average Bonchev–Trinajstić information content (AvgIpc) is 2.48. The third kappa shape index (κ3) is 3.10. The molecule has 0 radical (unpaired) electrons. The zero-order valence-electron chi connectivity index (χ0n) is 11.2. The second-order valence-electron chi connectivity index (χ2n) is 4.44. The van der Waals surface area contributed by atoms with Crippen molar-refractivity contribution in [1.82, 2.24) is 0 Å². The lowest BCUT2D eigenvalue weighted by atomic mass is 10.0. The summed E-state index contributed by atoms with van der Waals surface area (Å²) in [6, 6.07) is 15.5. The van der Waals surface area contributed by atoms with Crippen LogP contribution < -0.4 is 0 Å². The van der Waals surface area contributed by atoms with Crippen LogP contribution in [0.25, 0.3) is 10.6 Å². The molecule has 4 nitrogen and oxygen atoms in total. The molecule has 0 heterocycles. The molecule has 0 N–H and O–H groups in total. The molecule has 0 bridgehead atoms. The molecule has 0 aliphatic carbocycles. The summed E-state index contributed by atoms with van der Waals surface area (Å²) >= 11 is 6.28. The topological polar surface area (TPSA) is 66.9 Å². The molecular weight excluding hydrogens is 288 g/mol. The molecule has 0 amide bonds. The number of nitrogens with zero attached hydrogens (tertiary/aromatic N) is 2. The molecule has 0 aromatic heterocycles. The third-order valence-corrected chi connectivity index (χ3v) is 3.37. The fraction of sp³-hybridized carbons (Fsp3) is 0.0625. The number of halogens is 1. The van der Waals surface area contributed by atoms with E-state index >= 15 is 0 Å². The van der Waals surface area contributed by atoms with Gasteiger partial charge in [0.15, 0.2) is 0 Å². The number of nitro benzene ring substituents is 1. The van der Waals surface area contributed by atoms with E-state index in [2.05, 4.69) is 0 Å². The summed E-state index contributed by atoms with van der Waals surface area (Å²) in [5.74, 6) is 0. The van der Waals surface area contributed by atoms with Crippen molar-refractivity contribution in [3.8, 4) is 6.07 Å². The van der Waals surface area contributed by atoms with Gasteiger partial charge in [0.25, 0.3) is 5.69 Å². The minimum absolute atomic E-state index is 0.0825. The van der Waals surface area contributed by atoms with Crippen LogP contribution in [0.4, 0.5) is 5.69 Å². The van der Waals surface area contributed by atoms with Crippen LogP contribution in [0.3, 0.4) is 0 Å². The maximum absolute atomic E-state index is 11.1.